The fourth-order valence-corrected chi connectivity index (χ4v) is 3.51. The maximum absolute atomic E-state index is 13.2. The van der Waals surface area contributed by atoms with Gasteiger partial charge in [0.1, 0.15) is 5.75 Å². The summed E-state index contributed by atoms with van der Waals surface area (Å²) in [6.45, 7) is 1.87. The molecule has 3 rings (SSSR count). The maximum atomic E-state index is 13.2. The zero-order valence-corrected chi connectivity index (χ0v) is 16.8. The van der Waals surface area contributed by atoms with Crippen molar-refractivity contribution in [1.29, 1.82) is 0 Å². The SMILES string of the molecule is COc1ccccc1NC(=O)C1=C(C)N(C)C(=S)N[C@@H]1c1ccccc1Cl. The molecule has 2 aromatic rings. The average molecular weight is 402 g/mol. The first-order valence-electron chi connectivity index (χ1n) is 8.37. The molecular formula is C20H20ClN3O2S. The van der Waals surface area contributed by atoms with Crippen molar-refractivity contribution in [2.45, 2.75) is 13.0 Å². The molecule has 140 valence electrons. The molecule has 7 heteroatoms. The lowest BCUT2D eigenvalue weighted by molar-refractivity contribution is -0.113. The van der Waals surface area contributed by atoms with Crippen LogP contribution in [0.5, 0.6) is 5.75 Å². The van der Waals surface area contributed by atoms with Crippen LogP contribution in [0.4, 0.5) is 5.69 Å². The van der Waals surface area contributed by atoms with Gasteiger partial charge in [0.2, 0.25) is 0 Å². The number of amides is 1. The summed E-state index contributed by atoms with van der Waals surface area (Å²) < 4.78 is 5.33. The number of halogens is 1. The molecule has 1 atom stereocenters. The van der Waals surface area contributed by atoms with Crippen LogP contribution in [0.1, 0.15) is 18.5 Å². The number of hydrogen-bond donors (Lipinski definition) is 2. The first-order valence-corrected chi connectivity index (χ1v) is 9.16. The zero-order chi connectivity index (χ0) is 19.6. The topological polar surface area (TPSA) is 53.6 Å². The molecule has 0 saturated carbocycles. The van der Waals surface area contributed by atoms with E-state index in [1.165, 1.54) is 0 Å². The fourth-order valence-electron chi connectivity index (χ4n) is 3.01. The largest absolute Gasteiger partial charge is 0.495 e. The van der Waals surface area contributed by atoms with E-state index in [1.807, 2.05) is 44.3 Å². The van der Waals surface area contributed by atoms with Crippen molar-refractivity contribution in [3.8, 4) is 5.75 Å². The summed E-state index contributed by atoms with van der Waals surface area (Å²) in [7, 11) is 3.39. The third-order valence-electron chi connectivity index (χ3n) is 4.57. The van der Waals surface area contributed by atoms with E-state index in [2.05, 4.69) is 10.6 Å². The average Bonchev–Trinajstić information content (AvgIpc) is 2.66. The van der Waals surface area contributed by atoms with Crippen LogP contribution < -0.4 is 15.4 Å². The lowest BCUT2D eigenvalue weighted by atomic mass is 9.94. The molecule has 2 N–H and O–H groups in total. The van der Waals surface area contributed by atoms with Crippen molar-refractivity contribution in [3.63, 3.8) is 0 Å². The number of nitrogens with zero attached hydrogens (tertiary/aromatic N) is 1. The van der Waals surface area contributed by atoms with Crippen molar-refractivity contribution >= 4 is 40.5 Å². The Morgan fingerprint density at radius 1 is 1.22 bits per heavy atom. The number of allylic oxidation sites excluding steroid dienone is 1. The number of ether oxygens (including phenoxy) is 1. The summed E-state index contributed by atoms with van der Waals surface area (Å²) in [6.07, 6.45) is 0. The van der Waals surface area contributed by atoms with Gasteiger partial charge >= 0.3 is 0 Å². The number of thiocarbonyl (C=S) groups is 1. The van der Waals surface area contributed by atoms with Crippen LogP contribution in [0.2, 0.25) is 5.02 Å². The maximum Gasteiger partial charge on any atom is 0.255 e. The van der Waals surface area contributed by atoms with Gasteiger partial charge in [0.15, 0.2) is 5.11 Å². The summed E-state index contributed by atoms with van der Waals surface area (Å²) in [5, 5.41) is 7.26. The number of carbonyl (C=O) groups excluding carboxylic acids is 1. The van der Waals surface area contributed by atoms with Gasteiger partial charge in [-0.15, -0.1) is 0 Å². The van der Waals surface area contributed by atoms with Crippen LogP contribution in [0.25, 0.3) is 0 Å². The summed E-state index contributed by atoms with van der Waals surface area (Å²) >= 11 is 11.8. The second kappa shape index (κ2) is 7.98. The van der Waals surface area contributed by atoms with Gasteiger partial charge in [-0.1, -0.05) is 41.9 Å². The van der Waals surface area contributed by atoms with Crippen molar-refractivity contribution in [3.05, 3.63) is 70.4 Å². The third-order valence-corrected chi connectivity index (χ3v) is 5.31. The molecule has 5 nitrogen and oxygen atoms in total. The van der Waals surface area contributed by atoms with E-state index in [-0.39, 0.29) is 5.91 Å². The molecule has 2 aromatic carbocycles. The standard InChI is InChI=1S/C20H20ClN3O2S/c1-12-17(19(25)22-15-10-6-7-11-16(15)26-3)18(23-20(27)24(12)2)13-8-4-5-9-14(13)21/h4-11,18H,1-3H3,(H,22,25)(H,23,27)/t18-/m1/s1. The minimum absolute atomic E-state index is 0.247. The molecule has 1 aliphatic rings. The van der Waals surface area contributed by atoms with Crippen LogP contribution in [-0.4, -0.2) is 30.1 Å². The second-order valence-corrected chi connectivity index (χ2v) is 6.91. The van der Waals surface area contributed by atoms with Crippen LogP contribution >= 0.6 is 23.8 Å². The van der Waals surface area contributed by atoms with Crippen molar-refractivity contribution in [1.82, 2.24) is 10.2 Å². The quantitative estimate of drug-likeness (QED) is 0.755. The molecule has 1 amide bonds. The fraction of sp³-hybridized carbons (Fsp3) is 0.200. The van der Waals surface area contributed by atoms with E-state index in [9.17, 15) is 4.79 Å². The van der Waals surface area contributed by atoms with Crippen LogP contribution in [0.3, 0.4) is 0 Å². The van der Waals surface area contributed by atoms with Gasteiger partial charge in [0.25, 0.3) is 5.91 Å². The van der Waals surface area contributed by atoms with Gasteiger partial charge in [-0.2, -0.15) is 0 Å². The first-order chi connectivity index (χ1) is 12.9. The van der Waals surface area contributed by atoms with Crippen LogP contribution in [0, 0.1) is 0 Å². The molecule has 1 heterocycles. The number of hydrogen-bond acceptors (Lipinski definition) is 3. The lowest BCUT2D eigenvalue weighted by Gasteiger charge is -2.36. The number of anilines is 1. The van der Waals surface area contributed by atoms with Crippen molar-refractivity contribution in [2.24, 2.45) is 0 Å². The summed E-state index contributed by atoms with van der Waals surface area (Å²) in [6, 6.07) is 14.2. The van der Waals surface area contributed by atoms with E-state index in [0.29, 0.717) is 27.1 Å². The molecule has 0 saturated heterocycles. The van der Waals surface area contributed by atoms with E-state index in [1.54, 1.807) is 30.2 Å². The van der Waals surface area contributed by atoms with Gasteiger partial charge < -0.3 is 20.3 Å². The highest BCUT2D eigenvalue weighted by molar-refractivity contribution is 7.80. The third kappa shape index (κ3) is 3.77. The Morgan fingerprint density at radius 2 is 1.89 bits per heavy atom. The molecule has 0 bridgehead atoms. The molecule has 0 unspecified atom stereocenters. The first kappa shape index (κ1) is 19.2. The van der Waals surface area contributed by atoms with Gasteiger partial charge in [0, 0.05) is 17.8 Å². The normalized spacial score (nSPS) is 16.8. The monoisotopic (exact) mass is 401 g/mol. The number of benzene rings is 2. The number of rotatable bonds is 4. The Labute approximate surface area is 169 Å². The second-order valence-electron chi connectivity index (χ2n) is 6.12. The Hall–Kier alpha value is -2.57. The Morgan fingerprint density at radius 3 is 2.59 bits per heavy atom. The molecule has 0 aliphatic carbocycles. The van der Waals surface area contributed by atoms with E-state index >= 15 is 0 Å². The molecule has 0 fully saturated rings. The highest BCUT2D eigenvalue weighted by Gasteiger charge is 2.33. The number of carbonyl (C=O) groups is 1. The van der Waals surface area contributed by atoms with Crippen LogP contribution in [0.15, 0.2) is 59.8 Å². The minimum Gasteiger partial charge on any atom is -0.495 e. The molecule has 1 aliphatic heterocycles. The van der Waals surface area contributed by atoms with E-state index in [4.69, 9.17) is 28.6 Å². The number of methoxy groups -OCH3 is 1. The molecule has 27 heavy (non-hydrogen) atoms. The van der Waals surface area contributed by atoms with Crippen molar-refractivity contribution < 1.29 is 9.53 Å². The minimum atomic E-state index is -0.447. The highest BCUT2D eigenvalue weighted by atomic mass is 35.5. The van der Waals surface area contributed by atoms with E-state index < -0.39 is 6.04 Å². The van der Waals surface area contributed by atoms with Gasteiger partial charge in [-0.25, -0.2) is 0 Å². The van der Waals surface area contributed by atoms with Gasteiger partial charge in [-0.3, -0.25) is 4.79 Å². The van der Waals surface area contributed by atoms with Gasteiger partial charge in [0.05, 0.1) is 24.4 Å². The Kier molecular flexibility index (Phi) is 5.68. The predicted molar refractivity (Wildman–Crippen MR) is 112 cm³/mol. The summed E-state index contributed by atoms with van der Waals surface area (Å²) in [5.41, 5.74) is 2.69. The Bertz CT molecular complexity index is 929. The molecule has 0 radical (unpaired) electrons. The number of nitrogens with one attached hydrogen (secondary N) is 2. The van der Waals surface area contributed by atoms with Crippen molar-refractivity contribution in [2.75, 3.05) is 19.5 Å². The molecule has 0 spiro atoms. The smallest absolute Gasteiger partial charge is 0.255 e. The number of para-hydroxylation sites is 2. The summed E-state index contributed by atoms with van der Waals surface area (Å²) in [5.74, 6) is 0.342. The highest BCUT2D eigenvalue weighted by Crippen LogP contribution is 2.35. The lowest BCUT2D eigenvalue weighted by Crippen LogP contribution is -2.46. The molecular weight excluding hydrogens is 382 g/mol. The predicted octanol–water partition coefficient (Wildman–Crippen LogP) is 4.12. The van der Waals surface area contributed by atoms with Crippen LogP contribution in [-0.2, 0) is 4.79 Å². The summed E-state index contributed by atoms with van der Waals surface area (Å²) in [4.78, 5) is 15.0. The Balaban J connectivity index is 2.04. The molecule has 0 aromatic heterocycles. The van der Waals surface area contributed by atoms with E-state index in [0.717, 1.165) is 11.3 Å². The van der Waals surface area contributed by atoms with Gasteiger partial charge in [-0.05, 0) is 42.9 Å². The zero-order valence-electron chi connectivity index (χ0n) is 15.2.